The van der Waals surface area contributed by atoms with E-state index >= 15 is 0 Å². The van der Waals surface area contributed by atoms with Crippen LogP contribution in [0.2, 0.25) is 0 Å². The minimum Gasteiger partial charge on any atom is -0.353 e. The Morgan fingerprint density at radius 3 is 2.76 bits per heavy atom. The van der Waals surface area contributed by atoms with Gasteiger partial charge in [0.2, 0.25) is 6.41 Å². The third-order valence-corrected chi connectivity index (χ3v) is 7.15. The Balaban J connectivity index is 0.000000204. The Bertz CT molecular complexity index is 1530. The van der Waals surface area contributed by atoms with Crippen LogP contribution >= 0.6 is 11.3 Å². The fraction of sp³-hybridized carbons (Fsp3) is 0.269. The number of rotatable bonds is 5. The number of piperazine rings is 1. The number of nitrogens with one attached hydrogen (secondary N) is 1. The van der Waals surface area contributed by atoms with E-state index < -0.39 is 0 Å². The first-order valence-electron chi connectivity index (χ1n) is 11.9. The molecule has 1 aliphatic rings. The molecule has 1 aromatic carbocycles. The summed E-state index contributed by atoms with van der Waals surface area (Å²) in [5, 5.41) is 11.2. The van der Waals surface area contributed by atoms with Gasteiger partial charge in [0.1, 0.15) is 18.0 Å². The molecule has 5 heterocycles. The van der Waals surface area contributed by atoms with Crippen molar-refractivity contribution >= 4 is 44.7 Å². The first-order valence-corrected chi connectivity index (χ1v) is 12.8. The number of carbonyl (C=O) groups excluding carboxylic acids is 1. The number of aryl methyl sites for hydroxylation is 1. The van der Waals surface area contributed by atoms with Gasteiger partial charge < -0.3 is 15.1 Å². The molecule has 37 heavy (non-hydrogen) atoms. The van der Waals surface area contributed by atoms with E-state index in [9.17, 15) is 9.18 Å². The fourth-order valence-electron chi connectivity index (χ4n) is 4.11. The van der Waals surface area contributed by atoms with Gasteiger partial charge in [0.25, 0.3) is 0 Å². The molecule has 11 heteroatoms. The van der Waals surface area contributed by atoms with Crippen LogP contribution in [-0.2, 0) is 11.3 Å². The van der Waals surface area contributed by atoms with Crippen LogP contribution in [0.4, 0.5) is 10.2 Å². The van der Waals surface area contributed by atoms with Crippen molar-refractivity contribution in [3.05, 3.63) is 71.5 Å². The van der Waals surface area contributed by atoms with Gasteiger partial charge in [-0.1, -0.05) is 6.07 Å². The van der Waals surface area contributed by atoms with Gasteiger partial charge in [-0.2, -0.15) is 0 Å². The normalized spacial score (nSPS) is 14.0. The number of hydrogen-bond acceptors (Lipinski definition) is 8. The molecule has 0 unspecified atom stereocenters. The number of amides is 1. The molecule has 0 bridgehead atoms. The number of halogens is 1. The summed E-state index contributed by atoms with van der Waals surface area (Å²) in [5.74, 6) is 0.657. The molecule has 0 saturated carbocycles. The van der Waals surface area contributed by atoms with E-state index in [4.69, 9.17) is 0 Å². The number of hydrogen-bond donors (Lipinski definition) is 1. The summed E-state index contributed by atoms with van der Waals surface area (Å²) in [7, 11) is 2.12. The maximum atomic E-state index is 13.8. The van der Waals surface area contributed by atoms with Crippen molar-refractivity contribution in [3.8, 4) is 5.69 Å². The molecule has 0 atom stereocenters. The number of pyridine rings is 1. The number of benzene rings is 1. The first kappa shape index (κ1) is 24.7. The summed E-state index contributed by atoms with van der Waals surface area (Å²) in [6, 6.07) is 9.13. The predicted octanol–water partition coefficient (Wildman–Crippen LogP) is 3.80. The highest BCUT2D eigenvalue weighted by Crippen LogP contribution is 2.25. The molecule has 5 aromatic rings. The Morgan fingerprint density at radius 1 is 1.14 bits per heavy atom. The molecule has 0 radical (unpaired) electrons. The van der Waals surface area contributed by atoms with E-state index in [1.807, 2.05) is 36.0 Å². The molecule has 0 aliphatic carbocycles. The van der Waals surface area contributed by atoms with Crippen LogP contribution in [0.5, 0.6) is 0 Å². The maximum absolute atomic E-state index is 13.8. The third-order valence-electron chi connectivity index (χ3n) is 6.28. The molecule has 6 rings (SSSR count). The van der Waals surface area contributed by atoms with Crippen LogP contribution in [0.25, 0.3) is 26.8 Å². The SMILES string of the molecule is Cc1ccc(-n2cc3c(N4CCN(C)CC4)ncnc3n2)cc1F.O=CNCc1cc2ccsc2cn1.[HH]. The van der Waals surface area contributed by atoms with Crippen molar-refractivity contribution in [2.24, 2.45) is 0 Å². The molecule has 1 saturated heterocycles. The molecule has 192 valence electrons. The van der Waals surface area contributed by atoms with Crippen molar-refractivity contribution in [3.63, 3.8) is 0 Å². The molecule has 1 amide bonds. The third kappa shape index (κ3) is 5.57. The maximum Gasteiger partial charge on any atom is 0.207 e. The first-order chi connectivity index (χ1) is 18.0. The standard InChI is InChI=1S/C17H19FN6.C9H8N2OS.H2/c1-12-3-4-13(9-15(12)18)24-10-14-16(21-24)19-11-20-17(14)23-7-5-22(2)6-8-23;12-6-10-4-8-3-7-1-2-13-9(7)5-11-8;/h3-4,9-11H,5-8H2,1-2H3;1-3,5-6H,4H2,(H,10,12);1H. The summed E-state index contributed by atoms with van der Waals surface area (Å²) in [5.41, 5.74) is 2.81. The number of nitrogens with zero attached hydrogens (tertiary/aromatic N) is 7. The number of fused-ring (bicyclic) bond motifs is 2. The van der Waals surface area contributed by atoms with E-state index in [0.717, 1.165) is 43.1 Å². The summed E-state index contributed by atoms with van der Waals surface area (Å²) < 4.78 is 16.7. The summed E-state index contributed by atoms with van der Waals surface area (Å²) in [6.07, 6.45) is 5.94. The predicted molar refractivity (Wildman–Crippen MR) is 146 cm³/mol. The molecule has 0 spiro atoms. The van der Waals surface area contributed by atoms with Crippen molar-refractivity contribution in [2.45, 2.75) is 13.5 Å². The van der Waals surface area contributed by atoms with Crippen LogP contribution in [0.15, 0.2) is 54.4 Å². The van der Waals surface area contributed by atoms with Crippen LogP contribution in [-0.4, -0.2) is 69.3 Å². The minimum atomic E-state index is -0.238. The summed E-state index contributed by atoms with van der Waals surface area (Å²) in [4.78, 5) is 27.5. The van der Waals surface area contributed by atoms with Gasteiger partial charge in [0.05, 0.1) is 28.0 Å². The smallest absolute Gasteiger partial charge is 0.207 e. The zero-order chi connectivity index (χ0) is 25.8. The Morgan fingerprint density at radius 2 is 1.97 bits per heavy atom. The van der Waals surface area contributed by atoms with Crippen molar-refractivity contribution in [2.75, 3.05) is 38.1 Å². The van der Waals surface area contributed by atoms with Crippen molar-refractivity contribution < 1.29 is 10.6 Å². The monoisotopic (exact) mass is 520 g/mol. The highest BCUT2D eigenvalue weighted by molar-refractivity contribution is 7.17. The van der Waals surface area contributed by atoms with E-state index in [1.165, 1.54) is 16.2 Å². The van der Waals surface area contributed by atoms with Crippen LogP contribution in [0, 0.1) is 12.7 Å². The van der Waals surface area contributed by atoms with Gasteiger partial charge in [-0.25, -0.2) is 19.0 Å². The van der Waals surface area contributed by atoms with E-state index in [1.54, 1.807) is 35.3 Å². The second kappa shape index (κ2) is 11.0. The molecule has 1 aliphatic heterocycles. The van der Waals surface area contributed by atoms with Crippen molar-refractivity contribution in [1.29, 1.82) is 0 Å². The van der Waals surface area contributed by atoms with Gasteiger partial charge in [-0.3, -0.25) is 9.78 Å². The molecular formula is C26H29FN8OS. The number of anilines is 1. The van der Waals surface area contributed by atoms with Crippen LogP contribution < -0.4 is 10.2 Å². The molecule has 1 fully saturated rings. The average molecular weight is 521 g/mol. The molecular weight excluding hydrogens is 491 g/mol. The molecule has 4 aromatic heterocycles. The number of aromatic nitrogens is 5. The van der Waals surface area contributed by atoms with Gasteiger partial charge in [-0.05, 0) is 54.6 Å². The Kier molecular flexibility index (Phi) is 7.33. The van der Waals surface area contributed by atoms with Crippen LogP contribution in [0.3, 0.4) is 0 Å². The molecule has 9 nitrogen and oxygen atoms in total. The summed E-state index contributed by atoms with van der Waals surface area (Å²) in [6.45, 7) is 6.09. The highest BCUT2D eigenvalue weighted by Gasteiger charge is 2.19. The minimum absolute atomic E-state index is 0. The average Bonchev–Trinajstić information content (AvgIpc) is 3.57. The fourth-order valence-corrected chi connectivity index (χ4v) is 4.85. The highest BCUT2D eigenvalue weighted by atomic mass is 32.1. The number of likely N-dealkylation sites (N-methyl/N-ethyl adjacent to an activating group) is 1. The zero-order valence-corrected chi connectivity index (χ0v) is 21.5. The number of carbonyl (C=O) groups is 1. The lowest BCUT2D eigenvalue weighted by molar-refractivity contribution is -0.109. The topological polar surface area (TPSA) is 92.1 Å². The van der Waals surface area contributed by atoms with Gasteiger partial charge in [0, 0.05) is 40.0 Å². The van der Waals surface area contributed by atoms with Gasteiger partial charge in [-0.15, -0.1) is 16.4 Å². The number of thiophene rings is 1. The second-order valence-corrected chi connectivity index (χ2v) is 9.81. The lowest BCUT2D eigenvalue weighted by Crippen LogP contribution is -2.44. The molecule has 1 N–H and O–H groups in total. The lowest BCUT2D eigenvalue weighted by Gasteiger charge is -2.33. The quantitative estimate of drug-likeness (QED) is 0.353. The second-order valence-electron chi connectivity index (χ2n) is 8.86. The van der Waals surface area contributed by atoms with Gasteiger partial charge >= 0.3 is 0 Å². The van der Waals surface area contributed by atoms with Crippen molar-refractivity contribution in [1.82, 2.24) is 34.9 Å². The zero-order valence-electron chi connectivity index (χ0n) is 20.6. The van der Waals surface area contributed by atoms with E-state index in [0.29, 0.717) is 29.9 Å². The van der Waals surface area contributed by atoms with E-state index in [-0.39, 0.29) is 7.24 Å². The lowest BCUT2D eigenvalue weighted by atomic mass is 10.2. The summed E-state index contributed by atoms with van der Waals surface area (Å²) >= 11 is 1.67. The van der Waals surface area contributed by atoms with Crippen LogP contribution in [0.1, 0.15) is 12.7 Å². The van der Waals surface area contributed by atoms with Gasteiger partial charge in [0.15, 0.2) is 5.65 Å². The Hall–Kier alpha value is -3.96. The van der Waals surface area contributed by atoms with E-state index in [2.05, 4.69) is 42.2 Å². The Labute approximate surface area is 219 Å². The largest absolute Gasteiger partial charge is 0.353 e.